The Kier molecular flexibility index (Phi) is 2.88. The molecule has 0 aliphatic heterocycles. The fraction of sp³-hybridized carbons (Fsp3) is 0.400. The second kappa shape index (κ2) is 3.21. The van der Waals surface area contributed by atoms with Crippen LogP contribution in [-0.2, 0) is 6.54 Å². The topological polar surface area (TPSA) is 52.8 Å². The van der Waals surface area contributed by atoms with Crippen LogP contribution >= 0.6 is 0 Å². The van der Waals surface area contributed by atoms with Crippen molar-refractivity contribution in [1.29, 1.82) is 0 Å². The zero-order chi connectivity index (χ0) is 5.11. The normalized spacial score (nSPS) is 8.12. The highest BCUT2D eigenvalue weighted by Crippen LogP contribution is 1.81. The summed E-state index contributed by atoms with van der Waals surface area (Å²) in [6.45, 7) is 3.10. The Hall–Kier alpha value is -0.830. The second-order valence-corrected chi connectivity index (χ2v) is 1.39. The standard InChI is InChI=1S/C5H8N2.H3N/c1-2-7-4-3-6-5-7;/h3-5H,2H2,1H3;1H3. The average Bonchev–Trinajstić information content (AvgIpc) is 2.14. The van der Waals surface area contributed by atoms with Crippen molar-refractivity contribution in [2.75, 3.05) is 0 Å². The van der Waals surface area contributed by atoms with Crippen molar-refractivity contribution < 1.29 is 0 Å². The van der Waals surface area contributed by atoms with Gasteiger partial charge in [0, 0.05) is 18.9 Å². The molecule has 1 rings (SSSR count). The summed E-state index contributed by atoms with van der Waals surface area (Å²) in [5, 5.41) is 0. The van der Waals surface area contributed by atoms with E-state index in [4.69, 9.17) is 0 Å². The summed E-state index contributed by atoms with van der Waals surface area (Å²) in [7, 11) is 0. The highest BCUT2D eigenvalue weighted by Gasteiger charge is 1.77. The minimum absolute atomic E-state index is 0. The maximum atomic E-state index is 3.86. The van der Waals surface area contributed by atoms with Crippen LogP contribution in [-0.4, -0.2) is 9.55 Å². The first-order valence-electron chi connectivity index (χ1n) is 2.39. The first-order chi connectivity index (χ1) is 3.43. The Balaban J connectivity index is 0.000000490. The number of hydrogen-bond acceptors (Lipinski definition) is 2. The molecule has 3 N–H and O–H groups in total. The van der Waals surface area contributed by atoms with Crippen LogP contribution in [0.5, 0.6) is 0 Å². The maximum Gasteiger partial charge on any atom is 0.0945 e. The third kappa shape index (κ3) is 1.35. The quantitative estimate of drug-likeness (QED) is 0.592. The lowest BCUT2D eigenvalue weighted by atomic mass is 10.7. The van der Waals surface area contributed by atoms with E-state index >= 15 is 0 Å². The van der Waals surface area contributed by atoms with Gasteiger partial charge in [-0.1, -0.05) is 0 Å². The molecule has 0 unspecified atom stereocenters. The van der Waals surface area contributed by atoms with Crippen LogP contribution < -0.4 is 6.15 Å². The predicted molar refractivity (Wildman–Crippen MR) is 32.9 cm³/mol. The van der Waals surface area contributed by atoms with Gasteiger partial charge in [-0.05, 0) is 6.92 Å². The van der Waals surface area contributed by atoms with Crippen LogP contribution in [0, 0.1) is 0 Å². The van der Waals surface area contributed by atoms with E-state index in [9.17, 15) is 0 Å². The molecule has 0 saturated heterocycles. The molecule has 3 heteroatoms. The van der Waals surface area contributed by atoms with E-state index in [1.165, 1.54) is 0 Å². The second-order valence-electron chi connectivity index (χ2n) is 1.39. The van der Waals surface area contributed by atoms with Crippen molar-refractivity contribution in [2.24, 2.45) is 0 Å². The van der Waals surface area contributed by atoms with Crippen LogP contribution in [0.2, 0.25) is 0 Å². The predicted octanol–water partition coefficient (Wildman–Crippen LogP) is 1.06. The highest BCUT2D eigenvalue weighted by atomic mass is 15.0. The SMILES string of the molecule is CCn1ccnc1.N. The van der Waals surface area contributed by atoms with Crippen molar-refractivity contribution in [3.8, 4) is 0 Å². The molecule has 0 aliphatic rings. The van der Waals surface area contributed by atoms with E-state index in [2.05, 4.69) is 11.9 Å². The third-order valence-corrected chi connectivity index (χ3v) is 0.924. The van der Waals surface area contributed by atoms with Crippen LogP contribution in [0.25, 0.3) is 0 Å². The van der Waals surface area contributed by atoms with Gasteiger partial charge in [0.25, 0.3) is 0 Å². The van der Waals surface area contributed by atoms with Gasteiger partial charge in [0.15, 0.2) is 0 Å². The summed E-state index contributed by atoms with van der Waals surface area (Å²) in [4.78, 5) is 3.86. The Morgan fingerprint density at radius 1 is 1.62 bits per heavy atom. The minimum atomic E-state index is 0. The summed E-state index contributed by atoms with van der Waals surface area (Å²) in [5.41, 5.74) is 0. The molecular formula is C5H11N3. The van der Waals surface area contributed by atoms with Gasteiger partial charge in [0.2, 0.25) is 0 Å². The van der Waals surface area contributed by atoms with Gasteiger partial charge in [-0.2, -0.15) is 0 Å². The van der Waals surface area contributed by atoms with Crippen LogP contribution in [0.1, 0.15) is 6.92 Å². The molecule has 0 bridgehead atoms. The molecule has 0 aromatic carbocycles. The Morgan fingerprint density at radius 3 is 2.62 bits per heavy atom. The van der Waals surface area contributed by atoms with Crippen molar-refractivity contribution in [2.45, 2.75) is 13.5 Å². The number of rotatable bonds is 1. The van der Waals surface area contributed by atoms with Crippen LogP contribution in [0.15, 0.2) is 18.7 Å². The Bertz CT molecular complexity index is 122. The van der Waals surface area contributed by atoms with Crippen molar-refractivity contribution >= 4 is 0 Å². The van der Waals surface area contributed by atoms with Gasteiger partial charge in [0.05, 0.1) is 6.33 Å². The molecule has 0 saturated carbocycles. The number of aryl methyl sites for hydroxylation is 1. The summed E-state index contributed by atoms with van der Waals surface area (Å²) in [6, 6.07) is 0. The monoisotopic (exact) mass is 113 g/mol. The van der Waals surface area contributed by atoms with E-state index in [-0.39, 0.29) is 6.15 Å². The Morgan fingerprint density at radius 2 is 2.38 bits per heavy atom. The molecule has 0 atom stereocenters. The first-order valence-corrected chi connectivity index (χ1v) is 2.39. The average molecular weight is 113 g/mol. The van der Waals surface area contributed by atoms with Crippen molar-refractivity contribution in [3.05, 3.63) is 18.7 Å². The molecule has 3 nitrogen and oxygen atoms in total. The fourth-order valence-corrected chi connectivity index (χ4v) is 0.474. The van der Waals surface area contributed by atoms with Gasteiger partial charge in [-0.15, -0.1) is 0 Å². The minimum Gasteiger partial charge on any atom is -0.344 e. The van der Waals surface area contributed by atoms with Gasteiger partial charge >= 0.3 is 0 Å². The first kappa shape index (κ1) is 7.17. The van der Waals surface area contributed by atoms with E-state index in [1.54, 1.807) is 12.5 Å². The molecule has 0 fully saturated rings. The van der Waals surface area contributed by atoms with E-state index in [1.807, 2.05) is 10.8 Å². The number of hydrogen-bond donors (Lipinski definition) is 1. The van der Waals surface area contributed by atoms with Gasteiger partial charge < -0.3 is 10.7 Å². The number of imidazole rings is 1. The molecule has 46 valence electrons. The molecule has 1 heterocycles. The molecule has 0 aliphatic carbocycles. The molecule has 0 radical (unpaired) electrons. The largest absolute Gasteiger partial charge is 0.344 e. The summed E-state index contributed by atoms with van der Waals surface area (Å²) >= 11 is 0. The van der Waals surface area contributed by atoms with Gasteiger partial charge in [-0.25, -0.2) is 4.98 Å². The Labute approximate surface area is 48.9 Å². The van der Waals surface area contributed by atoms with Crippen LogP contribution in [0.4, 0.5) is 0 Å². The van der Waals surface area contributed by atoms with E-state index < -0.39 is 0 Å². The summed E-state index contributed by atoms with van der Waals surface area (Å²) in [5.74, 6) is 0. The highest BCUT2D eigenvalue weighted by molar-refractivity contribution is 4.72. The maximum absolute atomic E-state index is 3.86. The lowest BCUT2D eigenvalue weighted by Gasteiger charge is -1.87. The summed E-state index contributed by atoms with van der Waals surface area (Å²) < 4.78 is 2.01. The molecule has 8 heavy (non-hydrogen) atoms. The molecule has 1 aromatic heterocycles. The van der Waals surface area contributed by atoms with Crippen LogP contribution in [0.3, 0.4) is 0 Å². The van der Waals surface area contributed by atoms with Gasteiger partial charge in [-0.3, -0.25) is 0 Å². The molecule has 0 spiro atoms. The number of nitrogens with zero attached hydrogens (tertiary/aromatic N) is 2. The number of aromatic nitrogens is 2. The molecule has 0 amide bonds. The lowest BCUT2D eigenvalue weighted by molar-refractivity contribution is 0.761. The smallest absolute Gasteiger partial charge is 0.0945 e. The lowest BCUT2D eigenvalue weighted by Crippen LogP contribution is -1.85. The third-order valence-electron chi connectivity index (χ3n) is 0.924. The zero-order valence-corrected chi connectivity index (χ0v) is 5.04. The molecular weight excluding hydrogens is 102 g/mol. The van der Waals surface area contributed by atoms with Crippen molar-refractivity contribution in [1.82, 2.24) is 15.7 Å². The fourth-order valence-electron chi connectivity index (χ4n) is 0.474. The molecule has 1 aromatic rings. The van der Waals surface area contributed by atoms with E-state index in [0.29, 0.717) is 0 Å². The van der Waals surface area contributed by atoms with E-state index in [0.717, 1.165) is 6.54 Å². The van der Waals surface area contributed by atoms with Crippen molar-refractivity contribution in [3.63, 3.8) is 0 Å². The van der Waals surface area contributed by atoms with Gasteiger partial charge in [0.1, 0.15) is 0 Å². The zero-order valence-electron chi connectivity index (χ0n) is 5.04. The summed E-state index contributed by atoms with van der Waals surface area (Å²) in [6.07, 6.45) is 5.53.